The van der Waals surface area contributed by atoms with Crippen LogP contribution < -0.4 is 0 Å². The van der Waals surface area contributed by atoms with E-state index in [-0.39, 0.29) is 0 Å². The quantitative estimate of drug-likeness (QED) is 0.578. The minimum absolute atomic E-state index is 0.458. The van der Waals surface area contributed by atoms with Crippen molar-refractivity contribution >= 4 is 28.3 Å². The summed E-state index contributed by atoms with van der Waals surface area (Å²) in [4.78, 5) is 1.85. The summed E-state index contributed by atoms with van der Waals surface area (Å²) in [6.45, 7) is 5.43. The standard InChI is InChI=1S/C6H13NS2/c1-4-7(5-2)6(8)9-3/h4-5H2,1-3H3/i3D3. The molecular formula is C6H13NS2. The van der Waals surface area contributed by atoms with Crippen LogP contribution in [0.4, 0.5) is 0 Å². The predicted molar refractivity (Wildman–Crippen MR) is 49.0 cm³/mol. The Labute approximate surface area is 71.0 Å². The lowest BCUT2D eigenvalue weighted by Gasteiger charge is -2.19. The monoisotopic (exact) mass is 166 g/mol. The highest BCUT2D eigenvalue weighted by Gasteiger charge is 2.00. The van der Waals surface area contributed by atoms with E-state index in [1.165, 1.54) is 0 Å². The highest BCUT2D eigenvalue weighted by molar-refractivity contribution is 8.22. The van der Waals surface area contributed by atoms with E-state index in [4.69, 9.17) is 16.3 Å². The second kappa shape index (κ2) is 5.06. The van der Waals surface area contributed by atoms with Crippen molar-refractivity contribution in [1.82, 2.24) is 4.90 Å². The van der Waals surface area contributed by atoms with Gasteiger partial charge in [-0.25, -0.2) is 0 Å². The number of rotatable bonds is 2. The van der Waals surface area contributed by atoms with Gasteiger partial charge in [0, 0.05) is 17.2 Å². The summed E-state index contributed by atoms with van der Waals surface area (Å²) >= 11 is 5.72. The van der Waals surface area contributed by atoms with E-state index in [0.717, 1.165) is 24.9 Å². The van der Waals surface area contributed by atoms with Gasteiger partial charge in [0.1, 0.15) is 4.32 Å². The zero-order valence-electron chi connectivity index (χ0n) is 8.68. The molecule has 0 aromatic rings. The molecule has 0 saturated carbocycles. The Hall–Kier alpha value is 0.240. The maximum absolute atomic E-state index is 6.99. The van der Waals surface area contributed by atoms with Crippen LogP contribution in [0.5, 0.6) is 0 Å². The first-order valence-corrected chi connectivity index (χ1v) is 4.11. The van der Waals surface area contributed by atoms with E-state index in [2.05, 4.69) is 0 Å². The predicted octanol–water partition coefficient (Wildman–Crippen LogP) is 1.98. The number of thiocarbonyl (C=S) groups is 1. The lowest BCUT2D eigenvalue weighted by Crippen LogP contribution is -2.26. The second-order valence-electron chi connectivity index (χ2n) is 1.54. The maximum Gasteiger partial charge on any atom is 0.136 e. The second-order valence-corrected chi connectivity index (χ2v) is 2.78. The van der Waals surface area contributed by atoms with Crippen LogP contribution in [0.15, 0.2) is 0 Å². The highest BCUT2D eigenvalue weighted by atomic mass is 32.2. The zero-order valence-corrected chi connectivity index (χ0v) is 7.31. The Bertz CT molecular complexity index is 153. The van der Waals surface area contributed by atoms with Gasteiger partial charge in [-0.1, -0.05) is 12.2 Å². The molecule has 0 N–H and O–H groups in total. The summed E-state index contributed by atoms with van der Waals surface area (Å²) in [5, 5.41) is 0. The van der Waals surface area contributed by atoms with Crippen LogP contribution in [0, 0.1) is 0 Å². The molecule has 0 saturated heterocycles. The molecule has 0 unspecified atom stereocenters. The molecule has 0 spiro atoms. The van der Waals surface area contributed by atoms with E-state index >= 15 is 0 Å². The van der Waals surface area contributed by atoms with Crippen LogP contribution in [-0.2, 0) is 0 Å². The van der Waals surface area contributed by atoms with Gasteiger partial charge in [-0.2, -0.15) is 0 Å². The van der Waals surface area contributed by atoms with Crippen molar-refractivity contribution in [3.05, 3.63) is 0 Å². The molecule has 0 aromatic heterocycles. The summed E-state index contributed by atoms with van der Waals surface area (Å²) < 4.78 is 21.4. The van der Waals surface area contributed by atoms with Crippen molar-refractivity contribution in [2.75, 3.05) is 19.3 Å². The SMILES string of the molecule is [2H]C([2H])([2H])SC(=S)N(CC)CC. The molecule has 0 aliphatic carbocycles. The van der Waals surface area contributed by atoms with Crippen LogP contribution in [0.1, 0.15) is 18.0 Å². The molecule has 3 heteroatoms. The minimum atomic E-state index is -2.01. The average molecular weight is 166 g/mol. The van der Waals surface area contributed by atoms with Gasteiger partial charge in [0.15, 0.2) is 0 Å². The van der Waals surface area contributed by atoms with Crippen LogP contribution in [0.2, 0.25) is 0 Å². The summed E-state index contributed by atoms with van der Waals surface area (Å²) in [5.41, 5.74) is 0. The highest BCUT2D eigenvalue weighted by Crippen LogP contribution is 2.03. The zero-order chi connectivity index (χ0) is 9.78. The van der Waals surface area contributed by atoms with Crippen molar-refractivity contribution in [2.24, 2.45) is 0 Å². The van der Waals surface area contributed by atoms with E-state index in [9.17, 15) is 0 Å². The Kier molecular flexibility index (Phi) is 2.79. The number of nitrogens with zero attached hydrogens (tertiary/aromatic N) is 1. The van der Waals surface area contributed by atoms with Gasteiger partial charge in [-0.15, -0.1) is 11.8 Å². The summed E-state index contributed by atoms with van der Waals surface area (Å²) in [6.07, 6.45) is -2.01. The van der Waals surface area contributed by atoms with Crippen molar-refractivity contribution < 1.29 is 4.11 Å². The lowest BCUT2D eigenvalue weighted by molar-refractivity contribution is 0.482. The van der Waals surface area contributed by atoms with Crippen molar-refractivity contribution in [1.29, 1.82) is 0 Å². The molecule has 0 rings (SSSR count). The molecule has 0 aromatic carbocycles. The molecular weight excluding hydrogens is 150 g/mol. The normalized spacial score (nSPS) is 15.6. The van der Waals surface area contributed by atoms with Gasteiger partial charge in [0.05, 0.1) is 0 Å². The topological polar surface area (TPSA) is 3.24 Å². The summed E-state index contributed by atoms with van der Waals surface area (Å²) in [6, 6.07) is 0. The largest absolute Gasteiger partial charge is 0.358 e. The number of hydrogen-bond acceptors (Lipinski definition) is 2. The van der Waals surface area contributed by atoms with Crippen LogP contribution in [-0.4, -0.2) is 28.5 Å². The Balaban J connectivity index is 4.02. The summed E-state index contributed by atoms with van der Waals surface area (Å²) in [5.74, 6) is 0. The van der Waals surface area contributed by atoms with Crippen LogP contribution in [0.25, 0.3) is 0 Å². The fraction of sp³-hybridized carbons (Fsp3) is 0.833. The molecule has 0 fully saturated rings. The molecule has 0 radical (unpaired) electrons. The molecule has 0 aliphatic heterocycles. The van der Waals surface area contributed by atoms with Gasteiger partial charge >= 0.3 is 0 Å². The molecule has 0 aliphatic rings. The van der Waals surface area contributed by atoms with Gasteiger partial charge in [-0.3, -0.25) is 0 Å². The Morgan fingerprint density at radius 1 is 1.67 bits per heavy atom. The molecule has 0 atom stereocenters. The molecule has 0 heterocycles. The molecule has 1 nitrogen and oxygen atoms in total. The van der Waals surface area contributed by atoms with E-state index in [1.54, 1.807) is 0 Å². The molecule has 9 heavy (non-hydrogen) atoms. The first-order valence-electron chi connectivity index (χ1n) is 4.38. The number of thioether (sulfide) groups is 1. The summed E-state index contributed by atoms with van der Waals surface area (Å²) in [7, 11) is 0. The van der Waals surface area contributed by atoms with Gasteiger partial charge < -0.3 is 4.90 Å². The molecule has 0 amide bonds. The van der Waals surface area contributed by atoms with E-state index in [1.807, 2.05) is 18.7 Å². The van der Waals surface area contributed by atoms with Crippen molar-refractivity contribution in [3.63, 3.8) is 0 Å². The maximum atomic E-state index is 6.99. The Morgan fingerprint density at radius 3 is 2.56 bits per heavy atom. The minimum Gasteiger partial charge on any atom is -0.358 e. The van der Waals surface area contributed by atoms with Crippen LogP contribution >= 0.6 is 24.0 Å². The van der Waals surface area contributed by atoms with Crippen molar-refractivity contribution in [3.8, 4) is 0 Å². The first-order chi connectivity index (χ1) is 5.40. The number of hydrogen-bond donors (Lipinski definition) is 0. The fourth-order valence-electron chi connectivity index (χ4n) is 0.546. The smallest absolute Gasteiger partial charge is 0.136 e. The lowest BCUT2D eigenvalue weighted by atomic mass is 10.6. The molecule has 0 bridgehead atoms. The van der Waals surface area contributed by atoms with Crippen LogP contribution in [0.3, 0.4) is 0 Å². The van der Waals surface area contributed by atoms with E-state index in [0.29, 0.717) is 4.32 Å². The Morgan fingerprint density at radius 2 is 2.22 bits per heavy atom. The van der Waals surface area contributed by atoms with Gasteiger partial charge in [0.2, 0.25) is 0 Å². The van der Waals surface area contributed by atoms with Gasteiger partial charge in [-0.05, 0) is 20.0 Å². The van der Waals surface area contributed by atoms with E-state index < -0.39 is 6.18 Å². The third-order valence-electron chi connectivity index (χ3n) is 1.11. The first kappa shape index (κ1) is 4.97. The molecule has 54 valence electrons. The van der Waals surface area contributed by atoms with Gasteiger partial charge in [0.25, 0.3) is 0 Å². The average Bonchev–Trinajstić information content (AvgIpc) is 1.85. The fourth-order valence-corrected chi connectivity index (χ4v) is 1.19. The third kappa shape index (κ3) is 3.06. The van der Waals surface area contributed by atoms with Crippen molar-refractivity contribution in [2.45, 2.75) is 13.8 Å². The third-order valence-corrected chi connectivity index (χ3v) is 2.05.